The maximum atomic E-state index is 5.41. The topological polar surface area (TPSA) is 33.7 Å². The minimum atomic E-state index is 0.342. The summed E-state index contributed by atoms with van der Waals surface area (Å²) in [6.45, 7) is 5.70. The van der Waals surface area contributed by atoms with Gasteiger partial charge in [-0.2, -0.15) is 0 Å². The molecule has 2 rings (SSSR count). The summed E-state index contributed by atoms with van der Waals surface area (Å²) in [6, 6.07) is 6.19. The van der Waals surface area contributed by atoms with E-state index in [1.807, 2.05) is 13.1 Å². The van der Waals surface area contributed by atoms with Gasteiger partial charge in [-0.1, -0.05) is 19.4 Å². The van der Waals surface area contributed by atoms with Crippen molar-refractivity contribution >= 4 is 0 Å². The lowest BCUT2D eigenvalue weighted by Crippen LogP contribution is -2.30. The summed E-state index contributed by atoms with van der Waals surface area (Å²) in [7, 11) is 4.18. The molecule has 0 amide bonds. The van der Waals surface area contributed by atoms with Gasteiger partial charge >= 0.3 is 0 Å². The van der Waals surface area contributed by atoms with Crippen LogP contribution < -0.4 is 14.8 Å². The molecule has 1 unspecified atom stereocenters. The third kappa shape index (κ3) is 3.85. The summed E-state index contributed by atoms with van der Waals surface area (Å²) in [5, 5.41) is 3.26. The lowest BCUT2D eigenvalue weighted by Gasteiger charge is -2.23. The molecule has 0 fully saturated rings. The quantitative estimate of drug-likeness (QED) is 0.817. The number of nitrogens with one attached hydrogen (secondary N) is 1. The van der Waals surface area contributed by atoms with Gasteiger partial charge in [0.2, 0.25) is 6.79 Å². The van der Waals surface area contributed by atoms with Crippen LogP contribution in [0.1, 0.15) is 18.9 Å². The molecule has 0 saturated carbocycles. The second-order valence-electron chi connectivity index (χ2n) is 5.22. The highest BCUT2D eigenvalue weighted by molar-refractivity contribution is 5.44. The van der Waals surface area contributed by atoms with Crippen LogP contribution in [0.2, 0.25) is 0 Å². The Labute approximate surface area is 115 Å². The van der Waals surface area contributed by atoms with Crippen LogP contribution in [0, 0.1) is 5.92 Å². The van der Waals surface area contributed by atoms with Crippen molar-refractivity contribution in [1.82, 2.24) is 10.2 Å². The van der Waals surface area contributed by atoms with Gasteiger partial charge in [0, 0.05) is 13.1 Å². The average molecular weight is 264 g/mol. The van der Waals surface area contributed by atoms with Crippen molar-refractivity contribution in [3.05, 3.63) is 23.8 Å². The number of rotatable bonds is 7. The van der Waals surface area contributed by atoms with E-state index in [9.17, 15) is 0 Å². The van der Waals surface area contributed by atoms with Crippen LogP contribution in [0.5, 0.6) is 11.5 Å². The molecule has 0 bridgehead atoms. The number of nitrogens with zero attached hydrogens (tertiary/aromatic N) is 1. The fourth-order valence-corrected chi connectivity index (χ4v) is 2.48. The van der Waals surface area contributed by atoms with Crippen LogP contribution in [0.4, 0.5) is 0 Å². The van der Waals surface area contributed by atoms with Gasteiger partial charge in [0.15, 0.2) is 11.5 Å². The molecule has 1 aromatic rings. The second-order valence-corrected chi connectivity index (χ2v) is 5.22. The Morgan fingerprint density at radius 3 is 2.84 bits per heavy atom. The van der Waals surface area contributed by atoms with Gasteiger partial charge in [0.05, 0.1) is 0 Å². The molecule has 0 aromatic heterocycles. The van der Waals surface area contributed by atoms with Crippen molar-refractivity contribution in [2.24, 2.45) is 5.92 Å². The van der Waals surface area contributed by atoms with Gasteiger partial charge < -0.3 is 19.7 Å². The van der Waals surface area contributed by atoms with E-state index in [1.165, 1.54) is 12.0 Å². The number of fused-ring (bicyclic) bond motifs is 1. The summed E-state index contributed by atoms with van der Waals surface area (Å²) in [6.07, 6.45) is 1.20. The Hall–Kier alpha value is -1.26. The van der Waals surface area contributed by atoms with E-state index in [0.29, 0.717) is 12.7 Å². The molecule has 0 spiro atoms. The lowest BCUT2D eigenvalue weighted by molar-refractivity contribution is 0.174. The largest absolute Gasteiger partial charge is 0.454 e. The summed E-state index contributed by atoms with van der Waals surface area (Å²) in [5.41, 5.74) is 1.27. The fraction of sp³-hybridized carbons (Fsp3) is 0.600. The predicted molar refractivity (Wildman–Crippen MR) is 76.6 cm³/mol. The number of hydrogen-bond acceptors (Lipinski definition) is 4. The number of hydrogen-bond donors (Lipinski definition) is 1. The molecule has 106 valence electrons. The van der Waals surface area contributed by atoms with Crippen LogP contribution in [-0.2, 0) is 6.54 Å². The van der Waals surface area contributed by atoms with Crippen LogP contribution in [-0.4, -0.2) is 38.9 Å². The molecule has 1 aliphatic heterocycles. The Kier molecular flexibility index (Phi) is 5.05. The molecule has 1 aromatic carbocycles. The summed E-state index contributed by atoms with van der Waals surface area (Å²) >= 11 is 0. The first-order chi connectivity index (χ1) is 9.22. The molecule has 19 heavy (non-hydrogen) atoms. The van der Waals surface area contributed by atoms with E-state index in [2.05, 4.69) is 36.3 Å². The molecule has 0 saturated heterocycles. The molecular weight excluding hydrogens is 240 g/mol. The summed E-state index contributed by atoms with van der Waals surface area (Å²) < 4.78 is 10.7. The Balaban J connectivity index is 1.89. The highest BCUT2D eigenvalue weighted by Gasteiger charge is 2.14. The maximum Gasteiger partial charge on any atom is 0.231 e. The van der Waals surface area contributed by atoms with Gasteiger partial charge in [0.25, 0.3) is 0 Å². The van der Waals surface area contributed by atoms with Crippen molar-refractivity contribution in [1.29, 1.82) is 0 Å². The SMILES string of the molecule is CCC(CNC)CN(C)Cc1ccc2c(c1)OCO2. The Bertz CT molecular complexity index is 409. The first-order valence-electron chi connectivity index (χ1n) is 6.94. The number of ether oxygens (including phenoxy) is 2. The molecule has 1 atom stereocenters. The van der Waals surface area contributed by atoms with E-state index in [1.54, 1.807) is 0 Å². The maximum absolute atomic E-state index is 5.41. The lowest BCUT2D eigenvalue weighted by atomic mass is 10.1. The van der Waals surface area contributed by atoms with E-state index in [4.69, 9.17) is 9.47 Å². The van der Waals surface area contributed by atoms with Gasteiger partial charge in [-0.15, -0.1) is 0 Å². The van der Waals surface area contributed by atoms with Crippen molar-refractivity contribution in [3.8, 4) is 11.5 Å². The molecule has 0 radical (unpaired) electrons. The molecule has 0 aliphatic carbocycles. The molecule has 4 nitrogen and oxygen atoms in total. The minimum absolute atomic E-state index is 0.342. The zero-order valence-corrected chi connectivity index (χ0v) is 12.1. The smallest absolute Gasteiger partial charge is 0.231 e. The monoisotopic (exact) mass is 264 g/mol. The zero-order chi connectivity index (χ0) is 13.7. The van der Waals surface area contributed by atoms with Crippen molar-refractivity contribution in [2.75, 3.05) is 34.0 Å². The first-order valence-corrected chi connectivity index (χ1v) is 6.94. The normalized spacial score (nSPS) is 14.9. The van der Waals surface area contributed by atoms with E-state index in [-0.39, 0.29) is 0 Å². The standard InChI is InChI=1S/C15H24N2O2/c1-4-12(8-16-2)9-17(3)10-13-5-6-14-15(7-13)19-11-18-14/h5-7,12,16H,4,8-11H2,1-3H3. The van der Waals surface area contributed by atoms with Crippen molar-refractivity contribution in [3.63, 3.8) is 0 Å². The van der Waals surface area contributed by atoms with E-state index in [0.717, 1.165) is 31.1 Å². The third-order valence-electron chi connectivity index (χ3n) is 3.53. The number of benzene rings is 1. The van der Waals surface area contributed by atoms with Gasteiger partial charge in [-0.25, -0.2) is 0 Å². The van der Waals surface area contributed by atoms with Gasteiger partial charge in [-0.3, -0.25) is 0 Å². The fourth-order valence-electron chi connectivity index (χ4n) is 2.48. The Morgan fingerprint density at radius 2 is 2.11 bits per heavy atom. The van der Waals surface area contributed by atoms with Crippen molar-refractivity contribution in [2.45, 2.75) is 19.9 Å². The molecular formula is C15H24N2O2. The second kappa shape index (κ2) is 6.78. The zero-order valence-electron chi connectivity index (χ0n) is 12.1. The van der Waals surface area contributed by atoms with Gasteiger partial charge in [-0.05, 0) is 44.3 Å². The van der Waals surface area contributed by atoms with Crippen LogP contribution in [0.3, 0.4) is 0 Å². The van der Waals surface area contributed by atoms with Crippen molar-refractivity contribution < 1.29 is 9.47 Å². The van der Waals surface area contributed by atoms with E-state index < -0.39 is 0 Å². The molecule has 1 heterocycles. The molecule has 1 aliphatic rings. The highest BCUT2D eigenvalue weighted by atomic mass is 16.7. The van der Waals surface area contributed by atoms with E-state index >= 15 is 0 Å². The van der Waals surface area contributed by atoms with Crippen LogP contribution in [0.15, 0.2) is 18.2 Å². The Morgan fingerprint density at radius 1 is 1.32 bits per heavy atom. The van der Waals surface area contributed by atoms with Crippen LogP contribution >= 0.6 is 0 Å². The third-order valence-corrected chi connectivity index (χ3v) is 3.53. The summed E-state index contributed by atoms with van der Waals surface area (Å²) in [5.74, 6) is 2.42. The van der Waals surface area contributed by atoms with Crippen LogP contribution in [0.25, 0.3) is 0 Å². The average Bonchev–Trinajstić information content (AvgIpc) is 2.85. The molecule has 4 heteroatoms. The predicted octanol–water partition coefficient (Wildman–Crippen LogP) is 2.09. The highest BCUT2D eigenvalue weighted by Crippen LogP contribution is 2.32. The first kappa shape index (κ1) is 14.2. The summed E-state index contributed by atoms with van der Waals surface area (Å²) in [4.78, 5) is 2.36. The minimum Gasteiger partial charge on any atom is -0.454 e. The van der Waals surface area contributed by atoms with Gasteiger partial charge in [0.1, 0.15) is 0 Å². The molecule has 1 N–H and O–H groups in total.